The maximum atomic E-state index is 12.2. The summed E-state index contributed by atoms with van der Waals surface area (Å²) in [7, 11) is -3.09. The van der Waals surface area contributed by atoms with Crippen molar-refractivity contribution < 1.29 is 19.2 Å². The zero-order valence-corrected chi connectivity index (χ0v) is 14.1. The number of amides is 2. The molecular formula is C16H23NO4Si. The minimum Gasteiger partial charge on any atom is -0.410 e. The number of nitrogens with zero attached hydrogens (tertiary/aromatic N) is 1. The molecule has 2 N–H and O–H groups in total. The lowest BCUT2D eigenvalue weighted by molar-refractivity contribution is 0.0651. The topological polar surface area (TPSA) is 77.8 Å². The molecule has 0 spiro atoms. The third-order valence-corrected chi connectivity index (χ3v) is 7.17. The maximum absolute atomic E-state index is 12.2. The molecule has 1 aromatic carbocycles. The van der Waals surface area contributed by atoms with Gasteiger partial charge in [0.15, 0.2) is 0 Å². The molecule has 0 atom stereocenters. The van der Waals surface area contributed by atoms with Gasteiger partial charge in [0.05, 0.1) is 11.1 Å². The van der Waals surface area contributed by atoms with Crippen LogP contribution in [0.1, 0.15) is 53.8 Å². The molecule has 2 rings (SSSR count). The van der Waals surface area contributed by atoms with Gasteiger partial charge in [0.2, 0.25) is 0 Å². The highest BCUT2D eigenvalue weighted by molar-refractivity contribution is 6.66. The summed E-state index contributed by atoms with van der Waals surface area (Å²) in [4.78, 5) is 45.4. The van der Waals surface area contributed by atoms with E-state index >= 15 is 0 Å². The molecule has 2 amide bonds. The van der Waals surface area contributed by atoms with E-state index in [9.17, 15) is 19.2 Å². The van der Waals surface area contributed by atoms with Gasteiger partial charge in [0.1, 0.15) is 0 Å². The first-order valence-corrected chi connectivity index (χ1v) is 9.92. The van der Waals surface area contributed by atoms with Crippen LogP contribution < -0.4 is 0 Å². The van der Waals surface area contributed by atoms with Crippen molar-refractivity contribution in [2.24, 2.45) is 0 Å². The van der Waals surface area contributed by atoms with E-state index in [1.807, 2.05) is 13.8 Å². The van der Waals surface area contributed by atoms with Crippen LogP contribution in [-0.2, 0) is 0 Å². The number of unbranched alkanes of at least 4 members (excludes halogenated alkanes) is 2. The number of carbonyl (C=O) groups excluding carboxylic acids is 2. The average Bonchev–Trinajstić information content (AvgIpc) is 2.72. The summed E-state index contributed by atoms with van der Waals surface area (Å²) >= 11 is 0. The molecule has 6 heteroatoms. The molecule has 0 saturated carbocycles. The van der Waals surface area contributed by atoms with Gasteiger partial charge in [-0.15, -0.1) is 0 Å². The Kier molecular flexibility index (Phi) is 5.15. The lowest BCUT2D eigenvalue weighted by Crippen LogP contribution is -2.37. The minimum absolute atomic E-state index is 0.0799. The fraction of sp³-hybridized carbons (Fsp3) is 0.500. The molecule has 1 aliphatic rings. The highest BCUT2D eigenvalue weighted by Crippen LogP contribution is 2.24. The van der Waals surface area contributed by atoms with E-state index in [1.54, 1.807) is 24.3 Å². The van der Waals surface area contributed by atoms with Crippen LogP contribution in [0.3, 0.4) is 0 Å². The highest BCUT2D eigenvalue weighted by atomic mass is 28.4. The first-order chi connectivity index (χ1) is 10.3. The van der Waals surface area contributed by atoms with Crippen LogP contribution in [0.2, 0.25) is 11.6 Å². The molecule has 1 aliphatic heterocycles. The Bertz CT molecular complexity index is 536. The van der Waals surface area contributed by atoms with Gasteiger partial charge in [-0.05, 0) is 30.1 Å². The summed E-state index contributed by atoms with van der Waals surface area (Å²) in [5.74, 6) is -0.452. The summed E-state index contributed by atoms with van der Waals surface area (Å²) in [5, 5.41) is 0. The molecule has 22 heavy (non-hydrogen) atoms. The van der Waals surface area contributed by atoms with Gasteiger partial charge in [-0.3, -0.25) is 14.5 Å². The normalized spacial score (nSPS) is 14.9. The SMILES string of the molecule is CC(C)[Si](O)(O)CCCCCN1C(=O)c2ccccc2C1=O. The van der Waals surface area contributed by atoms with Gasteiger partial charge in [0.25, 0.3) is 11.8 Å². The summed E-state index contributed by atoms with van der Waals surface area (Å²) in [5.41, 5.74) is 0.873. The van der Waals surface area contributed by atoms with Crippen LogP contribution in [0.5, 0.6) is 0 Å². The van der Waals surface area contributed by atoms with Gasteiger partial charge in [0, 0.05) is 6.54 Å². The zero-order chi connectivity index (χ0) is 16.3. The monoisotopic (exact) mass is 321 g/mol. The largest absolute Gasteiger partial charge is 0.410 e. The second-order valence-electron chi connectivity index (χ2n) is 6.15. The Labute approximate surface area is 131 Å². The van der Waals surface area contributed by atoms with Gasteiger partial charge in [-0.25, -0.2) is 0 Å². The number of carbonyl (C=O) groups is 2. The molecular weight excluding hydrogens is 298 g/mol. The van der Waals surface area contributed by atoms with E-state index in [4.69, 9.17) is 0 Å². The minimum atomic E-state index is -3.09. The summed E-state index contributed by atoms with van der Waals surface area (Å²) < 4.78 is 0. The van der Waals surface area contributed by atoms with E-state index in [2.05, 4.69) is 0 Å². The number of hydrogen-bond acceptors (Lipinski definition) is 4. The van der Waals surface area contributed by atoms with Gasteiger partial charge >= 0.3 is 8.56 Å². The smallest absolute Gasteiger partial charge is 0.335 e. The molecule has 0 unspecified atom stereocenters. The first kappa shape index (κ1) is 16.9. The van der Waals surface area contributed by atoms with Crippen molar-refractivity contribution in [1.82, 2.24) is 4.90 Å². The van der Waals surface area contributed by atoms with E-state index in [1.165, 1.54) is 4.90 Å². The molecule has 0 bridgehead atoms. The lowest BCUT2D eigenvalue weighted by atomic mass is 10.1. The van der Waals surface area contributed by atoms with Gasteiger partial charge in [-0.1, -0.05) is 38.8 Å². The van der Waals surface area contributed by atoms with Gasteiger partial charge < -0.3 is 9.59 Å². The van der Waals surface area contributed by atoms with Crippen LogP contribution in [0, 0.1) is 0 Å². The third-order valence-electron chi connectivity index (χ3n) is 4.23. The van der Waals surface area contributed by atoms with E-state index < -0.39 is 8.56 Å². The fourth-order valence-electron chi connectivity index (χ4n) is 2.56. The summed E-state index contributed by atoms with van der Waals surface area (Å²) in [6.07, 6.45) is 2.17. The number of hydrogen-bond donors (Lipinski definition) is 2. The lowest BCUT2D eigenvalue weighted by Gasteiger charge is -2.21. The average molecular weight is 321 g/mol. The Morgan fingerprint density at radius 3 is 2.05 bits per heavy atom. The third kappa shape index (κ3) is 3.45. The van der Waals surface area contributed by atoms with Crippen molar-refractivity contribution in [3.05, 3.63) is 35.4 Å². The maximum Gasteiger partial charge on any atom is 0.335 e. The molecule has 120 valence electrons. The summed E-state index contributed by atoms with van der Waals surface area (Å²) in [6.45, 7) is 4.04. The Hall–Kier alpha value is -1.50. The predicted octanol–water partition coefficient (Wildman–Crippen LogP) is 2.29. The number of imide groups is 1. The Morgan fingerprint density at radius 1 is 1.00 bits per heavy atom. The van der Waals surface area contributed by atoms with Gasteiger partial charge in [-0.2, -0.15) is 0 Å². The molecule has 5 nitrogen and oxygen atoms in total. The van der Waals surface area contributed by atoms with Crippen molar-refractivity contribution in [1.29, 1.82) is 0 Å². The van der Waals surface area contributed by atoms with Crippen LogP contribution in [-0.4, -0.2) is 41.4 Å². The fourth-order valence-corrected chi connectivity index (χ4v) is 3.91. The molecule has 0 aromatic heterocycles. The quantitative estimate of drug-likeness (QED) is 0.459. The van der Waals surface area contributed by atoms with E-state index in [0.29, 0.717) is 36.6 Å². The number of benzene rings is 1. The van der Waals surface area contributed by atoms with Crippen molar-refractivity contribution >= 4 is 20.4 Å². The molecule has 0 fully saturated rings. The molecule has 0 saturated heterocycles. The van der Waals surface area contributed by atoms with Crippen LogP contribution in [0.15, 0.2) is 24.3 Å². The number of rotatable bonds is 7. The number of fused-ring (bicyclic) bond motifs is 1. The van der Waals surface area contributed by atoms with Crippen molar-refractivity contribution in [3.8, 4) is 0 Å². The zero-order valence-electron chi connectivity index (χ0n) is 13.1. The Balaban J connectivity index is 1.80. The predicted molar refractivity (Wildman–Crippen MR) is 85.8 cm³/mol. The van der Waals surface area contributed by atoms with Crippen molar-refractivity contribution in [3.63, 3.8) is 0 Å². The first-order valence-electron chi connectivity index (χ1n) is 7.74. The molecule has 1 aromatic rings. The van der Waals surface area contributed by atoms with Crippen LogP contribution in [0.4, 0.5) is 0 Å². The van der Waals surface area contributed by atoms with Crippen molar-refractivity contribution in [2.75, 3.05) is 6.54 Å². The molecule has 0 radical (unpaired) electrons. The van der Waals surface area contributed by atoms with E-state index in [0.717, 1.165) is 6.42 Å². The van der Waals surface area contributed by atoms with Crippen molar-refractivity contribution in [2.45, 2.75) is 44.7 Å². The second kappa shape index (κ2) is 6.72. The van der Waals surface area contributed by atoms with E-state index in [-0.39, 0.29) is 17.4 Å². The standard InChI is InChI=1S/C16H23NO4Si/c1-12(2)22(20,21)11-7-3-6-10-17-15(18)13-8-4-5-9-14(13)16(17)19/h4-5,8-9,12,20-21H,3,6-7,10-11H2,1-2H3. The molecule has 1 heterocycles. The van der Waals surface area contributed by atoms with Crippen LogP contribution in [0.25, 0.3) is 0 Å². The summed E-state index contributed by atoms with van der Waals surface area (Å²) in [6, 6.07) is 7.30. The molecule has 0 aliphatic carbocycles. The second-order valence-corrected chi connectivity index (χ2v) is 9.56. The Morgan fingerprint density at radius 2 is 1.55 bits per heavy atom. The van der Waals surface area contributed by atoms with Crippen LogP contribution >= 0.6 is 0 Å². The highest BCUT2D eigenvalue weighted by Gasteiger charge is 2.35.